The van der Waals surface area contributed by atoms with E-state index in [0.717, 1.165) is 4.90 Å². The molecule has 0 radical (unpaired) electrons. The molecule has 3 aromatic rings. The first kappa shape index (κ1) is 21.3. The van der Waals surface area contributed by atoms with E-state index in [2.05, 4.69) is 5.32 Å². The summed E-state index contributed by atoms with van der Waals surface area (Å²) in [5.74, 6) is -1.62. The molecule has 0 bridgehead atoms. The van der Waals surface area contributed by atoms with E-state index in [1.54, 1.807) is 41.1 Å². The number of rotatable bonds is 5. The third kappa shape index (κ3) is 4.00. The molecule has 32 heavy (non-hydrogen) atoms. The molecule has 1 saturated heterocycles. The number of carbonyl (C=O) groups excluding carboxylic acids is 3. The summed E-state index contributed by atoms with van der Waals surface area (Å²) in [7, 11) is 1.44. The zero-order valence-electron chi connectivity index (χ0n) is 16.8. The average Bonchev–Trinajstić information content (AvgIpc) is 3.19. The second-order valence-electron chi connectivity index (χ2n) is 6.93. The number of hydrogen-bond acceptors (Lipinski definition) is 4. The number of anilines is 1. The third-order valence-corrected chi connectivity index (χ3v) is 5.25. The van der Waals surface area contributed by atoms with Gasteiger partial charge in [-0.3, -0.25) is 14.9 Å². The van der Waals surface area contributed by atoms with Crippen molar-refractivity contribution in [3.63, 3.8) is 0 Å². The molecular formula is C23H17ClFN3O4. The molecule has 9 heteroatoms. The second-order valence-corrected chi connectivity index (χ2v) is 7.34. The number of nitrogens with zero attached hydrogens (tertiary/aromatic N) is 2. The Morgan fingerprint density at radius 2 is 1.88 bits per heavy atom. The Hall–Kier alpha value is -3.91. The number of halogens is 2. The van der Waals surface area contributed by atoms with Gasteiger partial charge in [-0.15, -0.1) is 0 Å². The molecule has 1 aliphatic heterocycles. The Morgan fingerprint density at radius 1 is 1.09 bits per heavy atom. The van der Waals surface area contributed by atoms with Gasteiger partial charge in [-0.2, -0.15) is 0 Å². The molecule has 162 valence electrons. The number of carbonyl (C=O) groups is 3. The minimum Gasteiger partial charge on any atom is -0.495 e. The van der Waals surface area contributed by atoms with E-state index in [-0.39, 0.29) is 28.6 Å². The average molecular weight is 454 g/mol. The molecule has 0 spiro atoms. The minimum atomic E-state index is -0.889. The number of benzene rings is 2. The van der Waals surface area contributed by atoms with Crippen LogP contribution in [0.15, 0.2) is 66.4 Å². The van der Waals surface area contributed by atoms with Gasteiger partial charge in [-0.25, -0.2) is 14.1 Å². The molecule has 0 saturated carbocycles. The van der Waals surface area contributed by atoms with E-state index in [1.807, 2.05) is 0 Å². The lowest BCUT2D eigenvalue weighted by molar-refractivity contribution is -0.122. The van der Waals surface area contributed by atoms with Gasteiger partial charge in [-0.1, -0.05) is 29.8 Å². The van der Waals surface area contributed by atoms with E-state index in [0.29, 0.717) is 17.0 Å². The molecule has 0 atom stereocenters. The van der Waals surface area contributed by atoms with Crippen LogP contribution >= 0.6 is 11.6 Å². The number of hydrogen-bond donors (Lipinski definition) is 1. The first-order valence-electron chi connectivity index (χ1n) is 9.52. The highest BCUT2D eigenvalue weighted by Gasteiger charge is 2.37. The van der Waals surface area contributed by atoms with E-state index in [9.17, 15) is 18.8 Å². The number of ether oxygens (including phenoxy) is 1. The van der Waals surface area contributed by atoms with Gasteiger partial charge in [0.1, 0.15) is 17.1 Å². The fraction of sp³-hybridized carbons (Fsp3) is 0.0870. The first-order chi connectivity index (χ1) is 15.4. The number of nitrogens with one attached hydrogen (secondary N) is 1. The van der Waals surface area contributed by atoms with Crippen LogP contribution in [0.3, 0.4) is 0 Å². The highest BCUT2D eigenvalue weighted by atomic mass is 35.5. The Morgan fingerprint density at radius 3 is 2.59 bits per heavy atom. The Balaban J connectivity index is 1.68. The summed E-state index contributed by atoms with van der Waals surface area (Å²) in [6.07, 6.45) is 3.07. The molecule has 1 fully saturated rings. The van der Waals surface area contributed by atoms with Gasteiger partial charge >= 0.3 is 6.03 Å². The number of aromatic nitrogens is 1. The van der Waals surface area contributed by atoms with Gasteiger partial charge in [0.2, 0.25) is 0 Å². The van der Waals surface area contributed by atoms with Crippen LogP contribution in [0.25, 0.3) is 6.08 Å². The molecule has 1 N–H and O–H groups in total. The molecule has 1 aliphatic rings. The fourth-order valence-electron chi connectivity index (χ4n) is 3.35. The van der Waals surface area contributed by atoms with Crippen LogP contribution in [0.5, 0.6) is 5.75 Å². The number of urea groups is 1. The summed E-state index contributed by atoms with van der Waals surface area (Å²) in [4.78, 5) is 38.8. The molecule has 0 aliphatic carbocycles. The van der Waals surface area contributed by atoms with Crippen LogP contribution in [-0.2, 0) is 16.1 Å². The van der Waals surface area contributed by atoms with E-state index < -0.39 is 17.8 Å². The van der Waals surface area contributed by atoms with Gasteiger partial charge < -0.3 is 9.30 Å². The molecule has 7 nitrogen and oxygen atoms in total. The van der Waals surface area contributed by atoms with Crippen molar-refractivity contribution in [2.24, 2.45) is 0 Å². The smallest absolute Gasteiger partial charge is 0.335 e. The van der Waals surface area contributed by atoms with Gasteiger partial charge in [0.25, 0.3) is 11.8 Å². The molecule has 4 amide bonds. The van der Waals surface area contributed by atoms with Crippen LogP contribution in [-0.4, -0.2) is 29.5 Å². The number of methoxy groups -OCH3 is 1. The summed E-state index contributed by atoms with van der Waals surface area (Å²) in [5, 5.41) is 2.36. The lowest BCUT2D eigenvalue weighted by Gasteiger charge is -2.26. The minimum absolute atomic E-state index is 0.179. The van der Waals surface area contributed by atoms with E-state index >= 15 is 0 Å². The Kier molecular flexibility index (Phi) is 5.79. The number of barbiturate groups is 1. The van der Waals surface area contributed by atoms with Crippen LogP contribution < -0.4 is 15.0 Å². The topological polar surface area (TPSA) is 80.6 Å². The number of amides is 4. The molecule has 0 unspecified atom stereocenters. The zero-order chi connectivity index (χ0) is 22.8. The Bertz CT molecular complexity index is 1270. The van der Waals surface area contributed by atoms with Crippen LogP contribution in [0, 0.1) is 5.82 Å². The van der Waals surface area contributed by atoms with Crippen LogP contribution in [0.4, 0.5) is 14.9 Å². The molecule has 4 rings (SSSR count). The maximum atomic E-state index is 14.1. The third-order valence-electron chi connectivity index (χ3n) is 4.95. The van der Waals surface area contributed by atoms with Gasteiger partial charge in [-0.05, 0) is 42.5 Å². The summed E-state index contributed by atoms with van der Waals surface area (Å²) in [6.45, 7) is 0.200. The normalized spacial score (nSPS) is 15.3. The monoisotopic (exact) mass is 453 g/mol. The highest BCUT2D eigenvalue weighted by Crippen LogP contribution is 2.31. The van der Waals surface area contributed by atoms with Crippen molar-refractivity contribution in [3.05, 3.63) is 88.5 Å². The summed E-state index contributed by atoms with van der Waals surface area (Å²) in [6, 6.07) is 13.2. The van der Waals surface area contributed by atoms with Crippen molar-refractivity contribution >= 4 is 41.2 Å². The summed E-state index contributed by atoms with van der Waals surface area (Å²) >= 11 is 6.12. The van der Waals surface area contributed by atoms with Gasteiger partial charge in [0, 0.05) is 17.5 Å². The van der Waals surface area contributed by atoms with Gasteiger partial charge in [0.15, 0.2) is 0 Å². The maximum absolute atomic E-state index is 14.1. The second kappa shape index (κ2) is 8.68. The molecule has 2 heterocycles. The van der Waals surface area contributed by atoms with Crippen molar-refractivity contribution in [1.29, 1.82) is 0 Å². The summed E-state index contributed by atoms with van der Waals surface area (Å²) in [5.41, 5.74) is 0.879. The predicted octanol–water partition coefficient (Wildman–Crippen LogP) is 4.00. The van der Waals surface area contributed by atoms with Crippen LogP contribution in [0.1, 0.15) is 11.3 Å². The van der Waals surface area contributed by atoms with Crippen molar-refractivity contribution < 1.29 is 23.5 Å². The van der Waals surface area contributed by atoms with Crippen molar-refractivity contribution in [1.82, 2.24) is 9.88 Å². The Labute approximate surface area is 187 Å². The molecular weight excluding hydrogens is 437 g/mol. The standard InChI is InChI=1S/C23H17ClFN3O4/c1-32-20-9-8-16(12-18(20)24)28-22(30)17(21(29)26-23(28)31)11-15-6-4-10-27(15)13-14-5-2-3-7-19(14)25/h2-12H,13H2,1H3,(H,26,29,31)/b17-11-. The molecule has 1 aromatic heterocycles. The highest BCUT2D eigenvalue weighted by molar-refractivity contribution is 6.39. The SMILES string of the molecule is COc1ccc(N2C(=O)NC(=O)/C(=C/c3cccn3Cc3ccccc3F)C2=O)cc1Cl. The quantitative estimate of drug-likeness (QED) is 0.467. The van der Waals surface area contributed by atoms with E-state index in [1.165, 1.54) is 37.5 Å². The van der Waals surface area contributed by atoms with Crippen molar-refractivity contribution in [2.75, 3.05) is 12.0 Å². The van der Waals surface area contributed by atoms with Crippen molar-refractivity contribution in [3.8, 4) is 5.75 Å². The largest absolute Gasteiger partial charge is 0.495 e. The zero-order valence-corrected chi connectivity index (χ0v) is 17.6. The molecule has 2 aromatic carbocycles. The summed E-state index contributed by atoms with van der Waals surface area (Å²) < 4.78 is 20.8. The van der Waals surface area contributed by atoms with Gasteiger partial charge in [0.05, 0.1) is 24.4 Å². The first-order valence-corrected chi connectivity index (χ1v) is 9.90. The van der Waals surface area contributed by atoms with Crippen LogP contribution in [0.2, 0.25) is 5.02 Å². The predicted molar refractivity (Wildman–Crippen MR) is 117 cm³/mol. The lowest BCUT2D eigenvalue weighted by atomic mass is 10.1. The lowest BCUT2D eigenvalue weighted by Crippen LogP contribution is -2.54. The maximum Gasteiger partial charge on any atom is 0.335 e. The van der Waals surface area contributed by atoms with E-state index in [4.69, 9.17) is 16.3 Å². The number of imide groups is 2. The fourth-order valence-corrected chi connectivity index (χ4v) is 3.60. The van der Waals surface area contributed by atoms with Crippen molar-refractivity contribution in [2.45, 2.75) is 6.54 Å².